The molecule has 1 heterocycles. The average Bonchev–Trinajstić information content (AvgIpc) is 2.52. The minimum atomic E-state index is -0.441. The molecule has 1 aromatic heterocycles. The highest BCUT2D eigenvalue weighted by atomic mass is 32.2. The Hall–Kier alpha value is -2.08. The third-order valence-electron chi connectivity index (χ3n) is 3.51. The van der Waals surface area contributed by atoms with Crippen LogP contribution in [0.25, 0.3) is 10.9 Å². The zero-order valence-corrected chi connectivity index (χ0v) is 15.1. The Kier molecular flexibility index (Phi) is 6.61. The summed E-state index contributed by atoms with van der Waals surface area (Å²) in [6, 6.07) is 9.42. The molecule has 0 radical (unpaired) electrons. The monoisotopic (exact) mass is 345 g/mol. The van der Waals surface area contributed by atoms with Crippen LogP contribution >= 0.6 is 11.8 Å². The van der Waals surface area contributed by atoms with Gasteiger partial charge in [0.15, 0.2) is 0 Å². The van der Waals surface area contributed by atoms with Crippen LogP contribution in [0.1, 0.15) is 25.8 Å². The molecule has 2 rings (SSSR count). The molecule has 0 spiro atoms. The number of imide groups is 1. The van der Waals surface area contributed by atoms with E-state index in [4.69, 9.17) is 0 Å². The first-order chi connectivity index (χ1) is 11.5. The summed E-state index contributed by atoms with van der Waals surface area (Å²) in [4.78, 5) is 28.0. The van der Waals surface area contributed by atoms with Crippen molar-refractivity contribution in [2.75, 3.05) is 12.3 Å². The molecule has 0 saturated heterocycles. The van der Waals surface area contributed by atoms with Gasteiger partial charge >= 0.3 is 6.03 Å². The van der Waals surface area contributed by atoms with Crippen LogP contribution in [0, 0.1) is 12.8 Å². The van der Waals surface area contributed by atoms with E-state index in [1.807, 2.05) is 37.3 Å². The number of aryl methyl sites for hydroxylation is 1. The number of benzene rings is 1. The second kappa shape index (κ2) is 8.68. The van der Waals surface area contributed by atoms with E-state index >= 15 is 0 Å². The van der Waals surface area contributed by atoms with Crippen LogP contribution in [0.2, 0.25) is 0 Å². The summed E-state index contributed by atoms with van der Waals surface area (Å²) in [5.74, 6) is 0.344. The molecule has 5 nitrogen and oxygen atoms in total. The van der Waals surface area contributed by atoms with E-state index in [0.29, 0.717) is 12.5 Å². The minimum absolute atomic E-state index is 0.155. The zero-order valence-electron chi connectivity index (χ0n) is 14.3. The number of hydrogen-bond acceptors (Lipinski definition) is 4. The third kappa shape index (κ3) is 5.53. The van der Waals surface area contributed by atoms with E-state index in [2.05, 4.69) is 29.5 Å². The number of rotatable bonds is 6. The molecule has 0 aliphatic rings. The first-order valence-corrected chi connectivity index (χ1v) is 9.01. The summed E-state index contributed by atoms with van der Waals surface area (Å²) in [7, 11) is 0. The van der Waals surface area contributed by atoms with Crippen molar-refractivity contribution in [2.45, 2.75) is 32.2 Å². The van der Waals surface area contributed by atoms with Gasteiger partial charge in [-0.1, -0.05) is 43.8 Å². The fraction of sp³-hybridized carbons (Fsp3) is 0.389. The van der Waals surface area contributed by atoms with Crippen LogP contribution in [0.5, 0.6) is 0 Å². The second-order valence-corrected chi connectivity index (χ2v) is 7.07. The number of carbonyl (C=O) groups excluding carboxylic acids is 2. The number of amides is 3. The number of nitrogens with one attached hydrogen (secondary N) is 2. The first kappa shape index (κ1) is 18.3. The maximum Gasteiger partial charge on any atom is 0.321 e. The van der Waals surface area contributed by atoms with E-state index in [-0.39, 0.29) is 11.7 Å². The molecule has 0 bridgehead atoms. The summed E-state index contributed by atoms with van der Waals surface area (Å²) in [5.41, 5.74) is 2.03. The quantitative estimate of drug-likeness (QED) is 0.786. The van der Waals surface area contributed by atoms with Gasteiger partial charge in [-0.25, -0.2) is 9.78 Å². The SMILES string of the molecule is Cc1cc(SCC(=O)NC(=O)NCCC(C)C)nc2ccccc12. The van der Waals surface area contributed by atoms with Crippen LogP contribution in [-0.2, 0) is 4.79 Å². The van der Waals surface area contributed by atoms with E-state index < -0.39 is 6.03 Å². The Morgan fingerprint density at radius 2 is 2.00 bits per heavy atom. The predicted molar refractivity (Wildman–Crippen MR) is 98.2 cm³/mol. The van der Waals surface area contributed by atoms with Crippen LogP contribution in [-0.4, -0.2) is 29.2 Å². The average molecular weight is 345 g/mol. The summed E-state index contributed by atoms with van der Waals surface area (Å²) in [5, 5.41) is 6.91. The molecular weight excluding hydrogens is 322 g/mol. The van der Waals surface area contributed by atoms with Gasteiger partial charge in [-0.2, -0.15) is 0 Å². The summed E-state index contributed by atoms with van der Waals surface area (Å²) < 4.78 is 0. The minimum Gasteiger partial charge on any atom is -0.338 e. The smallest absolute Gasteiger partial charge is 0.321 e. The number of pyridine rings is 1. The molecule has 0 aliphatic carbocycles. The molecule has 2 aromatic rings. The fourth-order valence-corrected chi connectivity index (χ4v) is 2.99. The molecule has 2 N–H and O–H groups in total. The number of carbonyl (C=O) groups is 2. The van der Waals surface area contributed by atoms with Gasteiger partial charge in [0.05, 0.1) is 16.3 Å². The highest BCUT2D eigenvalue weighted by Gasteiger charge is 2.10. The third-order valence-corrected chi connectivity index (χ3v) is 4.42. The van der Waals surface area contributed by atoms with Crippen molar-refractivity contribution in [1.82, 2.24) is 15.6 Å². The van der Waals surface area contributed by atoms with E-state index in [0.717, 1.165) is 27.9 Å². The van der Waals surface area contributed by atoms with E-state index in [9.17, 15) is 9.59 Å². The number of aromatic nitrogens is 1. The Bertz CT molecular complexity index is 731. The lowest BCUT2D eigenvalue weighted by atomic mass is 10.1. The number of nitrogens with zero attached hydrogens (tertiary/aromatic N) is 1. The summed E-state index contributed by atoms with van der Waals surface area (Å²) >= 11 is 1.33. The van der Waals surface area contributed by atoms with Gasteiger partial charge in [0.2, 0.25) is 5.91 Å². The van der Waals surface area contributed by atoms with Crippen LogP contribution in [0.4, 0.5) is 4.79 Å². The fourth-order valence-electron chi connectivity index (χ4n) is 2.21. The molecule has 24 heavy (non-hydrogen) atoms. The lowest BCUT2D eigenvalue weighted by molar-refractivity contribution is -0.117. The van der Waals surface area contributed by atoms with Gasteiger partial charge in [0.1, 0.15) is 0 Å². The number of urea groups is 1. The number of para-hydroxylation sites is 1. The molecular formula is C18H23N3O2S. The molecule has 1 aromatic carbocycles. The topological polar surface area (TPSA) is 71.1 Å². The van der Waals surface area contributed by atoms with Crippen LogP contribution in [0.15, 0.2) is 35.4 Å². The molecule has 3 amide bonds. The Morgan fingerprint density at radius 1 is 1.25 bits per heavy atom. The molecule has 128 valence electrons. The first-order valence-electron chi connectivity index (χ1n) is 8.02. The van der Waals surface area contributed by atoms with Crippen LogP contribution < -0.4 is 10.6 Å². The van der Waals surface area contributed by atoms with Gasteiger partial charge in [0.25, 0.3) is 0 Å². The number of fused-ring (bicyclic) bond motifs is 1. The van der Waals surface area contributed by atoms with E-state index in [1.165, 1.54) is 11.8 Å². The number of hydrogen-bond donors (Lipinski definition) is 2. The summed E-state index contributed by atoms with van der Waals surface area (Å²) in [6.07, 6.45) is 0.886. The van der Waals surface area contributed by atoms with E-state index in [1.54, 1.807) is 0 Å². The Morgan fingerprint density at radius 3 is 2.75 bits per heavy atom. The Labute approximate surface area is 146 Å². The summed E-state index contributed by atoms with van der Waals surface area (Å²) in [6.45, 7) is 6.76. The lowest BCUT2D eigenvalue weighted by Crippen LogP contribution is -2.40. The molecule has 0 atom stereocenters. The number of thioether (sulfide) groups is 1. The molecule has 0 unspecified atom stereocenters. The second-order valence-electron chi connectivity index (χ2n) is 6.07. The maximum atomic E-state index is 11.9. The molecule has 0 aliphatic heterocycles. The van der Waals surface area contributed by atoms with Crippen molar-refractivity contribution in [3.63, 3.8) is 0 Å². The Balaban J connectivity index is 1.84. The predicted octanol–water partition coefficient (Wildman–Crippen LogP) is 3.51. The maximum absolute atomic E-state index is 11.9. The van der Waals surface area contributed by atoms with Crippen LogP contribution in [0.3, 0.4) is 0 Å². The molecule has 0 fully saturated rings. The highest BCUT2D eigenvalue weighted by Crippen LogP contribution is 2.23. The zero-order chi connectivity index (χ0) is 17.5. The highest BCUT2D eigenvalue weighted by molar-refractivity contribution is 7.99. The normalized spacial score (nSPS) is 10.8. The van der Waals surface area contributed by atoms with Crippen molar-refractivity contribution >= 4 is 34.6 Å². The van der Waals surface area contributed by atoms with Gasteiger partial charge in [-0.15, -0.1) is 0 Å². The largest absolute Gasteiger partial charge is 0.338 e. The van der Waals surface area contributed by atoms with Crippen molar-refractivity contribution < 1.29 is 9.59 Å². The van der Waals surface area contributed by atoms with Crippen molar-refractivity contribution in [3.8, 4) is 0 Å². The van der Waals surface area contributed by atoms with Crippen molar-refractivity contribution in [3.05, 3.63) is 35.9 Å². The van der Waals surface area contributed by atoms with Gasteiger partial charge in [0, 0.05) is 11.9 Å². The van der Waals surface area contributed by atoms with Crippen molar-refractivity contribution in [1.29, 1.82) is 0 Å². The van der Waals surface area contributed by atoms with Gasteiger partial charge < -0.3 is 5.32 Å². The van der Waals surface area contributed by atoms with Gasteiger partial charge in [-0.3, -0.25) is 10.1 Å². The molecule has 0 saturated carbocycles. The lowest BCUT2D eigenvalue weighted by Gasteiger charge is -2.08. The van der Waals surface area contributed by atoms with Crippen molar-refractivity contribution in [2.24, 2.45) is 5.92 Å². The molecule has 6 heteroatoms. The standard InChI is InChI=1S/C18H23N3O2S/c1-12(2)8-9-19-18(23)21-16(22)11-24-17-10-13(3)14-6-4-5-7-15(14)20-17/h4-7,10,12H,8-9,11H2,1-3H3,(H2,19,21,22,23). The van der Waals surface area contributed by atoms with Gasteiger partial charge in [-0.05, 0) is 37.0 Å².